The van der Waals surface area contributed by atoms with Crippen molar-refractivity contribution in [3.63, 3.8) is 0 Å². The van der Waals surface area contributed by atoms with Gasteiger partial charge in [-0.3, -0.25) is 14.5 Å². The Bertz CT molecular complexity index is 496. The van der Waals surface area contributed by atoms with E-state index in [4.69, 9.17) is 4.74 Å². The van der Waals surface area contributed by atoms with E-state index in [1.807, 2.05) is 13.8 Å². The number of amides is 4. The van der Waals surface area contributed by atoms with Crippen LogP contribution in [0, 0.1) is 0 Å². The van der Waals surface area contributed by atoms with Gasteiger partial charge in [-0.05, 0) is 26.0 Å². The molecule has 0 aromatic heterocycles. The summed E-state index contributed by atoms with van der Waals surface area (Å²) >= 11 is 1.65. The van der Waals surface area contributed by atoms with Gasteiger partial charge < -0.3 is 15.0 Å². The summed E-state index contributed by atoms with van der Waals surface area (Å²) in [5.74, 6) is 0.985. The maximum atomic E-state index is 12.5. The molecule has 8 heteroatoms. The minimum absolute atomic E-state index is 0.0339. The zero-order valence-corrected chi connectivity index (χ0v) is 13.6. The van der Waals surface area contributed by atoms with Crippen molar-refractivity contribution in [2.45, 2.75) is 38.0 Å². The molecule has 3 atom stereocenters. The van der Waals surface area contributed by atoms with Gasteiger partial charge in [0.2, 0.25) is 5.91 Å². The molecule has 0 aromatic carbocycles. The van der Waals surface area contributed by atoms with Gasteiger partial charge in [-0.25, -0.2) is 4.79 Å². The molecule has 0 saturated carbocycles. The predicted molar refractivity (Wildman–Crippen MR) is 81.5 cm³/mol. The second kappa shape index (κ2) is 5.73. The first-order valence-electron chi connectivity index (χ1n) is 7.56. The van der Waals surface area contributed by atoms with Crippen molar-refractivity contribution in [1.29, 1.82) is 0 Å². The van der Waals surface area contributed by atoms with Crippen molar-refractivity contribution >= 4 is 29.6 Å². The highest BCUT2D eigenvalue weighted by Crippen LogP contribution is 2.33. The fourth-order valence-corrected chi connectivity index (χ4v) is 4.59. The monoisotopic (exact) mass is 327 g/mol. The molecule has 4 amide bonds. The lowest BCUT2D eigenvalue weighted by Gasteiger charge is -2.35. The molecule has 7 nitrogen and oxygen atoms in total. The van der Waals surface area contributed by atoms with Crippen LogP contribution >= 0.6 is 11.8 Å². The van der Waals surface area contributed by atoms with E-state index in [1.54, 1.807) is 16.7 Å². The Labute approximate surface area is 133 Å². The lowest BCUT2D eigenvalue weighted by Crippen LogP contribution is -2.52. The molecule has 22 heavy (non-hydrogen) atoms. The quantitative estimate of drug-likeness (QED) is 0.725. The first-order valence-corrected chi connectivity index (χ1v) is 8.72. The van der Waals surface area contributed by atoms with Gasteiger partial charge in [0.1, 0.15) is 12.1 Å². The van der Waals surface area contributed by atoms with E-state index in [2.05, 4.69) is 5.32 Å². The van der Waals surface area contributed by atoms with Gasteiger partial charge in [0.25, 0.3) is 5.91 Å². The number of nitrogens with one attached hydrogen (secondary N) is 1. The number of thioether (sulfide) groups is 1. The van der Waals surface area contributed by atoms with Crippen molar-refractivity contribution in [3.8, 4) is 0 Å². The average molecular weight is 327 g/mol. The molecule has 1 spiro atoms. The first kappa shape index (κ1) is 15.6. The van der Waals surface area contributed by atoms with Crippen molar-refractivity contribution in [2.75, 3.05) is 31.1 Å². The second-order valence-corrected chi connectivity index (χ2v) is 7.37. The standard InChI is InChI=1S/C14H21N3O4S/c1-9-5-16(6-10(2)21-9)11(18)7-17-12(19)14(15-13(17)20)3-4-22-8-14/h9-10H,3-8H2,1-2H3,(H,15,20). The average Bonchev–Trinajstić information content (AvgIpc) is 2.99. The molecule has 0 bridgehead atoms. The number of imide groups is 1. The van der Waals surface area contributed by atoms with Gasteiger partial charge in [0.05, 0.1) is 12.2 Å². The summed E-state index contributed by atoms with van der Waals surface area (Å²) in [4.78, 5) is 39.8. The Morgan fingerprint density at radius 2 is 2.05 bits per heavy atom. The molecule has 1 N–H and O–H groups in total. The SMILES string of the molecule is CC1CN(C(=O)CN2C(=O)NC3(CCSC3)C2=O)CC(C)O1. The summed E-state index contributed by atoms with van der Waals surface area (Å²) in [6, 6.07) is -0.449. The first-order chi connectivity index (χ1) is 10.4. The number of ether oxygens (including phenoxy) is 1. The normalized spacial score (nSPS) is 35.4. The molecule has 3 heterocycles. The van der Waals surface area contributed by atoms with Crippen LogP contribution in [-0.4, -0.2) is 76.5 Å². The Hall–Kier alpha value is -1.28. The van der Waals surface area contributed by atoms with Crippen LogP contribution in [0.4, 0.5) is 4.79 Å². The van der Waals surface area contributed by atoms with Gasteiger partial charge in [0, 0.05) is 18.8 Å². The van der Waals surface area contributed by atoms with E-state index in [0.717, 1.165) is 10.7 Å². The smallest absolute Gasteiger partial charge is 0.325 e. The van der Waals surface area contributed by atoms with Gasteiger partial charge in [0.15, 0.2) is 0 Å². The van der Waals surface area contributed by atoms with Crippen LogP contribution < -0.4 is 5.32 Å². The van der Waals surface area contributed by atoms with Crippen LogP contribution in [0.3, 0.4) is 0 Å². The molecular formula is C14H21N3O4S. The number of carbonyl (C=O) groups excluding carboxylic acids is 3. The van der Waals surface area contributed by atoms with Crippen LogP contribution in [-0.2, 0) is 14.3 Å². The Kier molecular flexibility index (Phi) is 4.07. The molecule has 3 unspecified atom stereocenters. The lowest BCUT2D eigenvalue weighted by atomic mass is 9.99. The minimum Gasteiger partial charge on any atom is -0.372 e. The predicted octanol–water partition coefficient (Wildman–Crippen LogP) is 0.0497. The fourth-order valence-electron chi connectivity index (χ4n) is 3.27. The Balaban J connectivity index is 1.66. The number of carbonyl (C=O) groups is 3. The van der Waals surface area contributed by atoms with Gasteiger partial charge >= 0.3 is 6.03 Å². The van der Waals surface area contributed by atoms with E-state index in [-0.39, 0.29) is 30.6 Å². The third-order valence-electron chi connectivity index (χ3n) is 4.33. The maximum absolute atomic E-state index is 12.5. The van der Waals surface area contributed by atoms with Crippen LogP contribution in [0.2, 0.25) is 0 Å². The van der Waals surface area contributed by atoms with Crippen LogP contribution in [0.5, 0.6) is 0 Å². The summed E-state index contributed by atoms with van der Waals surface area (Å²) in [6.07, 6.45) is 0.570. The highest BCUT2D eigenvalue weighted by Gasteiger charge is 2.53. The molecule has 3 aliphatic rings. The summed E-state index contributed by atoms with van der Waals surface area (Å²) in [6.45, 7) is 4.63. The van der Waals surface area contributed by atoms with Gasteiger partial charge in [-0.15, -0.1) is 0 Å². The third kappa shape index (κ3) is 2.69. The summed E-state index contributed by atoms with van der Waals surface area (Å²) < 4.78 is 5.60. The van der Waals surface area contributed by atoms with Crippen LogP contribution in [0.25, 0.3) is 0 Å². The van der Waals surface area contributed by atoms with E-state index >= 15 is 0 Å². The number of rotatable bonds is 2. The molecule has 3 saturated heterocycles. The second-order valence-electron chi connectivity index (χ2n) is 6.26. The number of hydrogen-bond donors (Lipinski definition) is 1. The summed E-state index contributed by atoms with van der Waals surface area (Å²) in [5.41, 5.74) is -0.784. The molecule has 3 fully saturated rings. The molecule has 0 aliphatic carbocycles. The van der Waals surface area contributed by atoms with E-state index in [9.17, 15) is 14.4 Å². The number of nitrogens with zero attached hydrogens (tertiary/aromatic N) is 2. The number of hydrogen-bond acceptors (Lipinski definition) is 5. The van der Waals surface area contributed by atoms with E-state index in [1.165, 1.54) is 0 Å². The fraction of sp³-hybridized carbons (Fsp3) is 0.786. The van der Waals surface area contributed by atoms with Crippen LogP contribution in [0.15, 0.2) is 0 Å². The molecule has 3 rings (SSSR count). The van der Waals surface area contributed by atoms with E-state index < -0.39 is 11.6 Å². The zero-order valence-electron chi connectivity index (χ0n) is 12.8. The van der Waals surface area contributed by atoms with Gasteiger partial charge in [-0.2, -0.15) is 11.8 Å². The van der Waals surface area contributed by atoms with Crippen molar-refractivity contribution in [3.05, 3.63) is 0 Å². The van der Waals surface area contributed by atoms with Crippen molar-refractivity contribution < 1.29 is 19.1 Å². The molecule has 122 valence electrons. The van der Waals surface area contributed by atoms with Gasteiger partial charge in [-0.1, -0.05) is 0 Å². The number of urea groups is 1. The molecule has 0 aromatic rings. The summed E-state index contributed by atoms with van der Waals surface area (Å²) in [5, 5.41) is 2.78. The largest absolute Gasteiger partial charge is 0.372 e. The third-order valence-corrected chi connectivity index (χ3v) is 5.52. The Morgan fingerprint density at radius 1 is 1.36 bits per heavy atom. The number of morpholine rings is 1. The zero-order chi connectivity index (χ0) is 15.9. The maximum Gasteiger partial charge on any atom is 0.325 e. The highest BCUT2D eigenvalue weighted by atomic mass is 32.2. The highest BCUT2D eigenvalue weighted by molar-refractivity contribution is 7.99. The molecule has 3 aliphatic heterocycles. The van der Waals surface area contributed by atoms with Crippen molar-refractivity contribution in [2.24, 2.45) is 0 Å². The Morgan fingerprint density at radius 3 is 2.64 bits per heavy atom. The molecular weight excluding hydrogens is 306 g/mol. The van der Waals surface area contributed by atoms with Crippen molar-refractivity contribution in [1.82, 2.24) is 15.1 Å². The minimum atomic E-state index is -0.784. The van der Waals surface area contributed by atoms with E-state index in [0.29, 0.717) is 25.3 Å². The molecule has 0 radical (unpaired) electrons. The van der Waals surface area contributed by atoms with Crippen LogP contribution in [0.1, 0.15) is 20.3 Å². The topological polar surface area (TPSA) is 79.0 Å². The lowest BCUT2D eigenvalue weighted by molar-refractivity contribution is -0.146. The summed E-state index contributed by atoms with van der Waals surface area (Å²) in [7, 11) is 0.